The number of nitrogens with one attached hydrogen (secondary N) is 1. The topological polar surface area (TPSA) is 88.6 Å². The monoisotopic (exact) mass is 427 g/mol. The van der Waals surface area contributed by atoms with Crippen molar-refractivity contribution in [1.29, 1.82) is 0 Å². The summed E-state index contributed by atoms with van der Waals surface area (Å²) < 4.78 is 50.5. The summed E-state index contributed by atoms with van der Waals surface area (Å²) in [6, 6.07) is 4.95. The van der Waals surface area contributed by atoms with Crippen LogP contribution in [0.1, 0.15) is 38.8 Å². The SMILES string of the molecule is CCS(=O)(=O)N(CC(=O)Nc1ccns1)C1CC(C)(C)Oc2ccc(F)cc21. The van der Waals surface area contributed by atoms with Gasteiger partial charge < -0.3 is 10.1 Å². The van der Waals surface area contributed by atoms with Crippen molar-refractivity contribution in [1.82, 2.24) is 8.68 Å². The molecule has 0 saturated carbocycles. The number of anilines is 1. The number of carbonyl (C=O) groups is 1. The molecule has 1 N–H and O–H groups in total. The molecule has 3 rings (SSSR count). The van der Waals surface area contributed by atoms with Crippen LogP contribution in [0.5, 0.6) is 5.75 Å². The second-order valence-corrected chi connectivity index (χ2v) is 10.2. The Hall–Kier alpha value is -2.04. The molecule has 0 bridgehead atoms. The van der Waals surface area contributed by atoms with Crippen LogP contribution in [0.2, 0.25) is 0 Å². The molecule has 1 aliphatic heterocycles. The quantitative estimate of drug-likeness (QED) is 0.765. The number of benzene rings is 1. The summed E-state index contributed by atoms with van der Waals surface area (Å²) in [7, 11) is -3.76. The Balaban J connectivity index is 1.98. The smallest absolute Gasteiger partial charge is 0.240 e. The predicted octanol–water partition coefficient (Wildman–Crippen LogP) is 3.17. The van der Waals surface area contributed by atoms with E-state index in [1.165, 1.54) is 25.1 Å². The van der Waals surface area contributed by atoms with E-state index >= 15 is 0 Å². The summed E-state index contributed by atoms with van der Waals surface area (Å²) in [5.41, 5.74) is -0.257. The van der Waals surface area contributed by atoms with E-state index in [-0.39, 0.29) is 18.7 Å². The van der Waals surface area contributed by atoms with Gasteiger partial charge in [-0.1, -0.05) is 0 Å². The van der Waals surface area contributed by atoms with Crippen LogP contribution < -0.4 is 10.1 Å². The number of fused-ring (bicyclic) bond motifs is 1. The van der Waals surface area contributed by atoms with Gasteiger partial charge in [0.2, 0.25) is 15.9 Å². The lowest BCUT2D eigenvalue weighted by Crippen LogP contribution is -2.46. The van der Waals surface area contributed by atoms with Gasteiger partial charge in [-0.2, -0.15) is 8.68 Å². The standard InChI is InChI=1S/C18H22FN3O4S2/c1-4-28(24,25)22(11-16(23)21-17-7-8-20-27-17)14-10-18(2,3)26-15-6-5-12(19)9-13(14)15/h5-9,14H,4,10-11H2,1-3H3,(H,21,23). The zero-order valence-electron chi connectivity index (χ0n) is 15.8. The fourth-order valence-electron chi connectivity index (χ4n) is 3.21. The molecule has 0 radical (unpaired) electrons. The number of hydrogen-bond acceptors (Lipinski definition) is 6. The number of nitrogens with zero attached hydrogens (tertiary/aromatic N) is 2. The molecule has 1 aromatic heterocycles. The van der Waals surface area contributed by atoms with Gasteiger partial charge in [0.1, 0.15) is 22.2 Å². The van der Waals surface area contributed by atoms with Gasteiger partial charge in [0.25, 0.3) is 0 Å². The predicted molar refractivity (Wildman–Crippen MR) is 105 cm³/mol. The van der Waals surface area contributed by atoms with Crippen LogP contribution in [-0.4, -0.2) is 40.9 Å². The molecule has 2 aromatic rings. The third-order valence-electron chi connectivity index (χ3n) is 4.47. The highest BCUT2D eigenvalue weighted by Crippen LogP contribution is 2.43. The molecule has 1 unspecified atom stereocenters. The van der Waals surface area contributed by atoms with Crippen LogP contribution in [0.4, 0.5) is 9.39 Å². The summed E-state index contributed by atoms with van der Waals surface area (Å²) in [4.78, 5) is 12.5. The van der Waals surface area contributed by atoms with Crippen molar-refractivity contribution in [2.75, 3.05) is 17.6 Å². The molecule has 0 spiro atoms. The molecular weight excluding hydrogens is 405 g/mol. The molecule has 1 atom stereocenters. The average molecular weight is 428 g/mol. The van der Waals surface area contributed by atoms with E-state index in [9.17, 15) is 17.6 Å². The Morgan fingerprint density at radius 2 is 2.18 bits per heavy atom. The maximum atomic E-state index is 13.9. The number of amides is 1. The van der Waals surface area contributed by atoms with Gasteiger partial charge in [0.05, 0.1) is 18.3 Å². The first-order chi connectivity index (χ1) is 13.1. The summed E-state index contributed by atoms with van der Waals surface area (Å²) in [6.07, 6.45) is 1.83. The number of sulfonamides is 1. The Morgan fingerprint density at radius 3 is 2.82 bits per heavy atom. The lowest BCUT2D eigenvalue weighted by Gasteiger charge is -2.41. The van der Waals surface area contributed by atoms with Crippen LogP contribution in [0.3, 0.4) is 0 Å². The third-order valence-corrected chi connectivity index (χ3v) is 6.96. The Kier molecular flexibility index (Phi) is 5.74. The molecule has 1 aliphatic rings. The van der Waals surface area contributed by atoms with Crippen LogP contribution in [0.25, 0.3) is 0 Å². The molecule has 0 saturated heterocycles. The molecular formula is C18H22FN3O4S2. The fourth-order valence-corrected chi connectivity index (χ4v) is 4.95. The van der Waals surface area contributed by atoms with Crippen LogP contribution in [-0.2, 0) is 14.8 Å². The fraction of sp³-hybridized carbons (Fsp3) is 0.444. The summed E-state index contributed by atoms with van der Waals surface area (Å²) in [6.45, 7) is 4.80. The van der Waals surface area contributed by atoms with E-state index in [1.807, 2.05) is 13.8 Å². The molecule has 7 nitrogen and oxygen atoms in total. The molecule has 152 valence electrons. The average Bonchev–Trinajstić information content (AvgIpc) is 3.12. The summed E-state index contributed by atoms with van der Waals surface area (Å²) in [5, 5.41) is 3.17. The highest BCUT2D eigenvalue weighted by Gasteiger charge is 2.41. The molecule has 0 aliphatic carbocycles. The van der Waals surface area contributed by atoms with Crippen molar-refractivity contribution in [2.45, 2.75) is 38.8 Å². The molecule has 28 heavy (non-hydrogen) atoms. The molecule has 2 heterocycles. The van der Waals surface area contributed by atoms with E-state index in [0.717, 1.165) is 15.8 Å². The first-order valence-corrected chi connectivity index (χ1v) is 11.2. The van der Waals surface area contributed by atoms with Gasteiger partial charge in [-0.25, -0.2) is 12.8 Å². The van der Waals surface area contributed by atoms with Gasteiger partial charge in [-0.3, -0.25) is 4.79 Å². The molecule has 0 fully saturated rings. The van der Waals surface area contributed by atoms with Gasteiger partial charge in [-0.15, -0.1) is 0 Å². The lowest BCUT2D eigenvalue weighted by molar-refractivity contribution is -0.117. The minimum absolute atomic E-state index is 0.177. The van der Waals surface area contributed by atoms with Gasteiger partial charge in [-0.05, 0) is 56.6 Å². The number of aromatic nitrogens is 1. The van der Waals surface area contributed by atoms with Crippen molar-refractivity contribution in [3.05, 3.63) is 41.8 Å². The largest absolute Gasteiger partial charge is 0.487 e. The van der Waals surface area contributed by atoms with Gasteiger partial charge >= 0.3 is 0 Å². The lowest BCUT2D eigenvalue weighted by atomic mass is 9.89. The van der Waals surface area contributed by atoms with E-state index in [0.29, 0.717) is 16.3 Å². The number of hydrogen-bond donors (Lipinski definition) is 1. The van der Waals surface area contributed by atoms with Crippen molar-refractivity contribution < 1.29 is 22.3 Å². The van der Waals surface area contributed by atoms with Crippen LogP contribution in [0.15, 0.2) is 30.5 Å². The van der Waals surface area contributed by atoms with Crippen molar-refractivity contribution >= 4 is 32.5 Å². The highest BCUT2D eigenvalue weighted by molar-refractivity contribution is 7.89. The third kappa shape index (κ3) is 4.50. The number of halogens is 1. The van der Waals surface area contributed by atoms with E-state index in [4.69, 9.17) is 4.74 Å². The van der Waals surface area contributed by atoms with Crippen molar-refractivity contribution in [2.24, 2.45) is 0 Å². The highest BCUT2D eigenvalue weighted by atomic mass is 32.2. The minimum Gasteiger partial charge on any atom is -0.487 e. The van der Waals surface area contributed by atoms with Gasteiger partial charge in [0.15, 0.2) is 0 Å². The van der Waals surface area contributed by atoms with Gasteiger partial charge in [0, 0.05) is 18.2 Å². The summed E-state index contributed by atoms with van der Waals surface area (Å²) in [5.74, 6) is -0.733. The second kappa shape index (κ2) is 7.76. The number of ether oxygens (including phenoxy) is 1. The summed E-state index contributed by atoms with van der Waals surface area (Å²) >= 11 is 1.10. The van der Waals surface area contributed by atoms with E-state index in [2.05, 4.69) is 9.69 Å². The zero-order valence-corrected chi connectivity index (χ0v) is 17.4. The zero-order chi connectivity index (χ0) is 20.5. The number of carbonyl (C=O) groups excluding carboxylic acids is 1. The van der Waals surface area contributed by atoms with E-state index in [1.54, 1.807) is 12.3 Å². The normalized spacial score (nSPS) is 18.4. The van der Waals surface area contributed by atoms with E-state index < -0.39 is 33.4 Å². The molecule has 1 amide bonds. The van der Waals surface area contributed by atoms with Crippen LogP contribution in [0, 0.1) is 5.82 Å². The van der Waals surface area contributed by atoms with Crippen molar-refractivity contribution in [3.63, 3.8) is 0 Å². The molecule has 1 aromatic carbocycles. The Morgan fingerprint density at radius 1 is 1.43 bits per heavy atom. The Labute approximate surface area is 167 Å². The molecule has 10 heteroatoms. The first kappa shape index (κ1) is 20.7. The second-order valence-electron chi connectivity index (χ2n) is 7.13. The minimum atomic E-state index is -3.76. The number of rotatable bonds is 6. The van der Waals surface area contributed by atoms with Crippen LogP contribution >= 0.6 is 11.5 Å². The maximum Gasteiger partial charge on any atom is 0.240 e. The maximum absolute atomic E-state index is 13.9. The van der Waals surface area contributed by atoms with Crippen molar-refractivity contribution in [3.8, 4) is 5.75 Å². The first-order valence-electron chi connectivity index (χ1n) is 8.80. The Bertz CT molecular complexity index is 961.